The highest BCUT2D eigenvalue weighted by atomic mass is 35.5. The molecule has 5 nitrogen and oxygen atoms in total. The minimum atomic E-state index is -0.853. The highest BCUT2D eigenvalue weighted by molar-refractivity contribution is 6.39. The van der Waals surface area contributed by atoms with Crippen LogP contribution in [0.15, 0.2) is 18.2 Å². The second-order valence-electron chi connectivity index (χ2n) is 4.90. The summed E-state index contributed by atoms with van der Waals surface area (Å²) >= 11 is 11.9. The Balaban J connectivity index is 2.46. The molecule has 0 aliphatic rings. The van der Waals surface area contributed by atoms with E-state index in [1.807, 2.05) is 0 Å². The molecule has 0 aliphatic heterocycles. The molecule has 1 unspecified atom stereocenters. The molecule has 0 spiro atoms. The van der Waals surface area contributed by atoms with Crippen molar-refractivity contribution in [3.8, 4) is 0 Å². The third kappa shape index (κ3) is 5.91. The number of hydrogen-bond acceptors (Lipinski definition) is 3. The Bertz CT molecular complexity index is 503. The number of rotatable bonds is 7. The van der Waals surface area contributed by atoms with Crippen molar-refractivity contribution in [2.45, 2.75) is 13.3 Å². The molecule has 1 rings (SSSR count). The van der Waals surface area contributed by atoms with E-state index >= 15 is 0 Å². The topological polar surface area (TPSA) is 69.6 Å². The lowest BCUT2D eigenvalue weighted by Gasteiger charge is -2.18. The Kier molecular flexibility index (Phi) is 6.95. The number of carbonyl (C=O) groups excluding carboxylic acids is 1. The SMILES string of the molecule is CC(CN(C)CCC(=O)Nc1c(Cl)cccc1Cl)C(=O)O. The van der Waals surface area contributed by atoms with E-state index in [1.165, 1.54) is 0 Å². The second kappa shape index (κ2) is 8.22. The predicted molar refractivity (Wildman–Crippen MR) is 84.0 cm³/mol. The number of amides is 1. The maximum Gasteiger partial charge on any atom is 0.307 e. The van der Waals surface area contributed by atoms with Crippen molar-refractivity contribution in [3.63, 3.8) is 0 Å². The minimum absolute atomic E-state index is 0.222. The molecule has 0 aliphatic carbocycles. The summed E-state index contributed by atoms with van der Waals surface area (Å²) < 4.78 is 0. The number of nitrogens with zero attached hydrogens (tertiary/aromatic N) is 1. The number of benzene rings is 1. The molecule has 0 saturated heterocycles. The molecule has 0 radical (unpaired) electrons. The number of halogens is 2. The lowest BCUT2D eigenvalue weighted by Crippen LogP contribution is -2.31. The van der Waals surface area contributed by atoms with Gasteiger partial charge in [0.1, 0.15) is 0 Å². The Labute approximate surface area is 133 Å². The summed E-state index contributed by atoms with van der Waals surface area (Å²) in [6.07, 6.45) is 0.227. The normalized spacial score (nSPS) is 12.2. The van der Waals surface area contributed by atoms with Gasteiger partial charge in [-0.2, -0.15) is 0 Å². The zero-order chi connectivity index (χ0) is 16.0. The molecule has 2 N–H and O–H groups in total. The van der Waals surface area contributed by atoms with Crippen LogP contribution in [0.3, 0.4) is 0 Å². The van der Waals surface area contributed by atoms with Gasteiger partial charge in [0.25, 0.3) is 0 Å². The molecule has 1 aromatic rings. The monoisotopic (exact) mass is 332 g/mol. The highest BCUT2D eigenvalue weighted by Gasteiger charge is 2.15. The van der Waals surface area contributed by atoms with E-state index in [2.05, 4.69) is 5.32 Å². The first-order valence-corrected chi connectivity index (χ1v) is 7.22. The fourth-order valence-electron chi connectivity index (χ4n) is 1.75. The van der Waals surface area contributed by atoms with Gasteiger partial charge >= 0.3 is 5.97 Å². The summed E-state index contributed by atoms with van der Waals surface area (Å²) in [4.78, 5) is 24.4. The summed E-state index contributed by atoms with van der Waals surface area (Å²) in [5, 5.41) is 12.2. The number of aliphatic carboxylic acids is 1. The average Bonchev–Trinajstić information content (AvgIpc) is 2.40. The molecule has 116 valence electrons. The van der Waals surface area contributed by atoms with Crippen LogP contribution in [0.5, 0.6) is 0 Å². The molecule has 21 heavy (non-hydrogen) atoms. The third-order valence-corrected chi connectivity index (χ3v) is 3.58. The van der Waals surface area contributed by atoms with Crippen molar-refractivity contribution in [2.24, 2.45) is 5.92 Å². The van der Waals surface area contributed by atoms with Gasteiger partial charge in [-0.1, -0.05) is 36.2 Å². The number of carboxylic acid groups (broad SMARTS) is 1. The van der Waals surface area contributed by atoms with Crippen molar-refractivity contribution in [3.05, 3.63) is 28.2 Å². The fraction of sp³-hybridized carbons (Fsp3) is 0.429. The average molecular weight is 333 g/mol. The molecule has 0 heterocycles. The largest absolute Gasteiger partial charge is 0.481 e. The van der Waals surface area contributed by atoms with Crippen LogP contribution in [0.4, 0.5) is 5.69 Å². The van der Waals surface area contributed by atoms with Gasteiger partial charge in [0, 0.05) is 19.5 Å². The first-order valence-electron chi connectivity index (χ1n) is 6.46. The summed E-state index contributed by atoms with van der Waals surface area (Å²) in [5.74, 6) is -1.55. The van der Waals surface area contributed by atoms with Crippen molar-refractivity contribution in [1.29, 1.82) is 0 Å². The maximum absolute atomic E-state index is 11.9. The van der Waals surface area contributed by atoms with Gasteiger partial charge in [0.05, 0.1) is 21.7 Å². The second-order valence-corrected chi connectivity index (χ2v) is 5.71. The number of anilines is 1. The van der Waals surface area contributed by atoms with Crippen LogP contribution in [-0.2, 0) is 9.59 Å². The Hall–Kier alpha value is -1.30. The van der Waals surface area contributed by atoms with Gasteiger partial charge in [-0.15, -0.1) is 0 Å². The van der Waals surface area contributed by atoms with Gasteiger partial charge in [0.15, 0.2) is 0 Å². The summed E-state index contributed by atoms with van der Waals surface area (Å²) in [5.41, 5.74) is 0.396. The summed E-state index contributed by atoms with van der Waals surface area (Å²) in [6.45, 7) is 2.46. The number of carbonyl (C=O) groups is 2. The lowest BCUT2D eigenvalue weighted by molar-refractivity contribution is -0.141. The molecule has 0 saturated carbocycles. The number of nitrogens with one attached hydrogen (secondary N) is 1. The number of hydrogen-bond donors (Lipinski definition) is 2. The maximum atomic E-state index is 11.9. The number of carboxylic acids is 1. The lowest BCUT2D eigenvalue weighted by atomic mass is 10.2. The zero-order valence-electron chi connectivity index (χ0n) is 11.9. The van der Waals surface area contributed by atoms with E-state index in [0.717, 1.165) is 0 Å². The van der Waals surface area contributed by atoms with E-state index in [4.69, 9.17) is 28.3 Å². The smallest absolute Gasteiger partial charge is 0.307 e. The summed E-state index contributed by atoms with van der Waals surface area (Å²) in [6, 6.07) is 4.98. The summed E-state index contributed by atoms with van der Waals surface area (Å²) in [7, 11) is 1.77. The molecule has 1 atom stereocenters. The highest BCUT2D eigenvalue weighted by Crippen LogP contribution is 2.29. The van der Waals surface area contributed by atoms with Crippen molar-refractivity contribution >= 4 is 40.8 Å². The van der Waals surface area contributed by atoms with Crippen LogP contribution in [0, 0.1) is 5.92 Å². The molecule has 1 aromatic carbocycles. The van der Waals surface area contributed by atoms with E-state index in [9.17, 15) is 9.59 Å². The Morgan fingerprint density at radius 2 is 1.90 bits per heavy atom. The van der Waals surface area contributed by atoms with Crippen LogP contribution in [0.1, 0.15) is 13.3 Å². The van der Waals surface area contributed by atoms with Crippen LogP contribution in [-0.4, -0.2) is 42.0 Å². The van der Waals surface area contributed by atoms with Gasteiger partial charge in [-0.25, -0.2) is 0 Å². The number of para-hydroxylation sites is 1. The van der Waals surface area contributed by atoms with Gasteiger partial charge < -0.3 is 15.3 Å². The Morgan fingerprint density at radius 1 is 1.33 bits per heavy atom. The van der Waals surface area contributed by atoms with Crippen LogP contribution < -0.4 is 5.32 Å². The fourth-order valence-corrected chi connectivity index (χ4v) is 2.24. The van der Waals surface area contributed by atoms with Gasteiger partial charge in [0.2, 0.25) is 5.91 Å². The Morgan fingerprint density at radius 3 is 2.43 bits per heavy atom. The van der Waals surface area contributed by atoms with Crippen molar-refractivity contribution in [2.75, 3.05) is 25.5 Å². The first-order chi connectivity index (χ1) is 9.81. The van der Waals surface area contributed by atoms with Gasteiger partial charge in [-0.3, -0.25) is 9.59 Å². The van der Waals surface area contributed by atoms with Gasteiger partial charge in [-0.05, 0) is 19.2 Å². The van der Waals surface area contributed by atoms with E-state index in [1.54, 1.807) is 37.1 Å². The molecular formula is C14H18Cl2N2O3. The van der Waals surface area contributed by atoms with Crippen LogP contribution >= 0.6 is 23.2 Å². The minimum Gasteiger partial charge on any atom is -0.481 e. The predicted octanol–water partition coefficient (Wildman–Crippen LogP) is 2.97. The van der Waals surface area contributed by atoms with E-state index in [-0.39, 0.29) is 12.3 Å². The van der Waals surface area contributed by atoms with Crippen molar-refractivity contribution < 1.29 is 14.7 Å². The first kappa shape index (κ1) is 17.8. The molecule has 1 amide bonds. The zero-order valence-corrected chi connectivity index (χ0v) is 13.4. The molecule has 0 bridgehead atoms. The van der Waals surface area contributed by atoms with E-state index in [0.29, 0.717) is 28.8 Å². The third-order valence-electron chi connectivity index (χ3n) is 2.95. The quantitative estimate of drug-likeness (QED) is 0.805. The molecular weight excluding hydrogens is 315 g/mol. The van der Waals surface area contributed by atoms with Crippen LogP contribution in [0.25, 0.3) is 0 Å². The van der Waals surface area contributed by atoms with E-state index < -0.39 is 11.9 Å². The molecule has 0 fully saturated rings. The van der Waals surface area contributed by atoms with Crippen molar-refractivity contribution in [1.82, 2.24) is 4.90 Å². The standard InChI is InChI=1S/C14H18Cl2N2O3/c1-9(14(20)21)8-18(2)7-6-12(19)17-13-10(15)4-3-5-11(13)16/h3-5,9H,6-8H2,1-2H3,(H,17,19)(H,20,21). The molecule has 0 aromatic heterocycles. The molecule has 7 heteroatoms. The van der Waals surface area contributed by atoms with Crippen LogP contribution in [0.2, 0.25) is 10.0 Å².